The number of fused-ring (bicyclic) bond motifs is 1. The summed E-state index contributed by atoms with van der Waals surface area (Å²) in [5.74, 6) is 2.44. The van der Waals surface area contributed by atoms with E-state index >= 15 is 0 Å². The number of aromatic nitrogens is 3. The molecule has 0 saturated heterocycles. The number of nitrogens with one attached hydrogen (secondary N) is 1. The van der Waals surface area contributed by atoms with E-state index in [0.29, 0.717) is 23.2 Å². The Bertz CT molecular complexity index is 1020. The number of hydrogen-bond acceptors (Lipinski definition) is 6. The van der Waals surface area contributed by atoms with Crippen molar-refractivity contribution in [1.82, 2.24) is 14.8 Å². The lowest BCUT2D eigenvalue weighted by molar-refractivity contribution is 0.323. The Hall–Kier alpha value is -3.48. The van der Waals surface area contributed by atoms with Crippen LogP contribution in [0, 0.1) is 0 Å². The zero-order valence-corrected chi connectivity index (χ0v) is 17.0. The third-order valence-electron chi connectivity index (χ3n) is 5.11. The van der Waals surface area contributed by atoms with E-state index in [1.165, 1.54) is 5.56 Å². The topological polar surface area (TPSA) is 70.4 Å². The molecule has 0 fully saturated rings. The fourth-order valence-electron chi connectivity index (χ4n) is 3.53. The van der Waals surface area contributed by atoms with Crippen LogP contribution in [0.5, 0.6) is 17.2 Å². The predicted molar refractivity (Wildman–Crippen MR) is 112 cm³/mol. The van der Waals surface area contributed by atoms with Gasteiger partial charge in [-0.25, -0.2) is 4.68 Å². The van der Waals surface area contributed by atoms with E-state index in [0.717, 1.165) is 23.2 Å². The van der Waals surface area contributed by atoms with Crippen LogP contribution >= 0.6 is 0 Å². The molecule has 4 rings (SSSR count). The smallest absolute Gasteiger partial charge is 0.226 e. The summed E-state index contributed by atoms with van der Waals surface area (Å²) < 4.78 is 18.4. The van der Waals surface area contributed by atoms with Gasteiger partial charge in [-0.15, -0.1) is 0 Å². The second-order valence-electron chi connectivity index (χ2n) is 6.69. The van der Waals surface area contributed by atoms with Crippen LogP contribution in [-0.2, 0) is 6.42 Å². The maximum absolute atomic E-state index is 5.53. The molecule has 7 nitrogen and oxygen atoms in total. The molecule has 0 radical (unpaired) electrons. The van der Waals surface area contributed by atoms with Crippen molar-refractivity contribution in [2.24, 2.45) is 0 Å². The minimum atomic E-state index is -0.177. The minimum absolute atomic E-state index is 0.177. The fraction of sp³-hybridized carbons (Fsp3) is 0.273. The van der Waals surface area contributed by atoms with Crippen LogP contribution in [-0.4, -0.2) is 36.1 Å². The number of ether oxygens (including phenoxy) is 3. The van der Waals surface area contributed by atoms with Gasteiger partial charge in [0.15, 0.2) is 11.5 Å². The van der Waals surface area contributed by atoms with Gasteiger partial charge in [-0.1, -0.05) is 31.2 Å². The van der Waals surface area contributed by atoms with Crippen LogP contribution in [0.1, 0.15) is 29.7 Å². The van der Waals surface area contributed by atoms with Crippen molar-refractivity contribution in [2.75, 3.05) is 26.6 Å². The van der Waals surface area contributed by atoms with E-state index in [1.807, 2.05) is 16.8 Å². The van der Waals surface area contributed by atoms with Gasteiger partial charge in [-0.2, -0.15) is 10.1 Å². The number of benzene rings is 2. The first-order chi connectivity index (χ1) is 14.2. The van der Waals surface area contributed by atoms with Crippen LogP contribution in [0.3, 0.4) is 0 Å². The van der Waals surface area contributed by atoms with Crippen molar-refractivity contribution in [3.63, 3.8) is 0 Å². The Morgan fingerprint density at radius 1 is 1.00 bits per heavy atom. The molecule has 1 atom stereocenters. The molecule has 2 aromatic carbocycles. The number of aryl methyl sites for hydroxylation is 1. The van der Waals surface area contributed by atoms with E-state index in [-0.39, 0.29) is 6.04 Å². The van der Waals surface area contributed by atoms with E-state index in [4.69, 9.17) is 14.2 Å². The first-order valence-corrected chi connectivity index (χ1v) is 9.46. The van der Waals surface area contributed by atoms with Crippen LogP contribution in [0.15, 0.2) is 48.8 Å². The second kappa shape index (κ2) is 7.87. The molecule has 1 N–H and O–H groups in total. The molecule has 29 heavy (non-hydrogen) atoms. The Kier molecular flexibility index (Phi) is 5.12. The summed E-state index contributed by atoms with van der Waals surface area (Å²) in [5.41, 5.74) is 4.32. The summed E-state index contributed by atoms with van der Waals surface area (Å²) in [5, 5.41) is 7.78. The highest BCUT2D eigenvalue weighted by molar-refractivity contribution is 5.77. The van der Waals surface area contributed by atoms with E-state index in [2.05, 4.69) is 52.7 Å². The number of nitrogens with zero attached hydrogens (tertiary/aromatic N) is 3. The van der Waals surface area contributed by atoms with Crippen LogP contribution in [0.2, 0.25) is 0 Å². The Balaban J connectivity index is 1.82. The molecular formula is C22H24N4O3. The van der Waals surface area contributed by atoms with Crippen molar-refractivity contribution >= 4 is 11.6 Å². The molecule has 0 aliphatic carbocycles. The number of allylic oxidation sites excluding steroid dienone is 1. The minimum Gasteiger partial charge on any atom is -0.493 e. The van der Waals surface area contributed by atoms with Gasteiger partial charge in [-0.3, -0.25) is 0 Å². The van der Waals surface area contributed by atoms with Gasteiger partial charge in [0.25, 0.3) is 0 Å². The van der Waals surface area contributed by atoms with Crippen LogP contribution in [0.25, 0.3) is 5.70 Å². The standard InChI is InChI=1S/C22H24N4O3/c1-5-14-6-8-15(9-7-14)17-12-18(26-22(25-17)23-13-24-26)16-10-19(27-2)21(29-4)20(11-16)28-3/h6-13,18H,5H2,1-4H3,(H,23,24,25)/t18-/m1/s1. The number of hydrogen-bond donors (Lipinski definition) is 1. The summed E-state index contributed by atoms with van der Waals surface area (Å²) in [6, 6.07) is 12.2. The lowest BCUT2D eigenvalue weighted by Crippen LogP contribution is -2.20. The Morgan fingerprint density at radius 3 is 2.28 bits per heavy atom. The zero-order valence-electron chi connectivity index (χ0n) is 17.0. The molecule has 0 unspecified atom stereocenters. The highest BCUT2D eigenvalue weighted by Gasteiger charge is 2.26. The first kappa shape index (κ1) is 18.9. The second-order valence-corrected chi connectivity index (χ2v) is 6.69. The fourth-order valence-corrected chi connectivity index (χ4v) is 3.53. The van der Waals surface area contributed by atoms with Crippen molar-refractivity contribution in [3.05, 3.63) is 65.5 Å². The normalized spacial score (nSPS) is 15.2. The third-order valence-corrected chi connectivity index (χ3v) is 5.11. The molecule has 0 spiro atoms. The molecule has 0 saturated carbocycles. The molecule has 0 amide bonds. The SMILES string of the molecule is CCc1ccc(C2=C[C@H](c3cc(OC)c(OC)c(OC)c3)n3ncnc3N2)cc1. The van der Waals surface area contributed by atoms with Crippen LogP contribution < -0.4 is 19.5 Å². The average molecular weight is 392 g/mol. The lowest BCUT2D eigenvalue weighted by Gasteiger charge is -2.25. The average Bonchev–Trinajstić information content (AvgIpc) is 3.26. The quantitative estimate of drug-likeness (QED) is 0.686. The number of rotatable bonds is 6. The maximum atomic E-state index is 5.53. The van der Waals surface area contributed by atoms with Crippen molar-refractivity contribution < 1.29 is 14.2 Å². The van der Waals surface area contributed by atoms with Gasteiger partial charge < -0.3 is 19.5 Å². The summed E-state index contributed by atoms with van der Waals surface area (Å²) in [6.45, 7) is 2.15. The van der Waals surface area contributed by atoms with Gasteiger partial charge >= 0.3 is 0 Å². The Morgan fingerprint density at radius 2 is 1.69 bits per heavy atom. The van der Waals surface area contributed by atoms with E-state index in [9.17, 15) is 0 Å². The van der Waals surface area contributed by atoms with Crippen LogP contribution in [0.4, 0.5) is 5.95 Å². The van der Waals surface area contributed by atoms with Gasteiger partial charge in [0.2, 0.25) is 11.7 Å². The van der Waals surface area contributed by atoms with Crippen molar-refractivity contribution in [3.8, 4) is 17.2 Å². The zero-order chi connectivity index (χ0) is 20.4. The van der Waals surface area contributed by atoms with Gasteiger partial charge in [0, 0.05) is 5.70 Å². The van der Waals surface area contributed by atoms with Crippen molar-refractivity contribution in [1.29, 1.82) is 0 Å². The molecule has 150 valence electrons. The molecule has 7 heteroatoms. The molecule has 3 aromatic rings. The third kappa shape index (κ3) is 3.40. The lowest BCUT2D eigenvalue weighted by atomic mass is 10.00. The first-order valence-electron chi connectivity index (χ1n) is 9.46. The number of methoxy groups -OCH3 is 3. The van der Waals surface area contributed by atoms with E-state index < -0.39 is 0 Å². The van der Waals surface area contributed by atoms with E-state index in [1.54, 1.807) is 27.7 Å². The summed E-state index contributed by atoms with van der Waals surface area (Å²) >= 11 is 0. The predicted octanol–water partition coefficient (Wildman–Crippen LogP) is 3.92. The molecule has 1 aliphatic rings. The largest absolute Gasteiger partial charge is 0.493 e. The molecule has 1 aliphatic heterocycles. The molecular weight excluding hydrogens is 368 g/mol. The number of anilines is 1. The van der Waals surface area contributed by atoms with Gasteiger partial charge in [-0.05, 0) is 41.3 Å². The summed E-state index contributed by atoms with van der Waals surface area (Å²) in [6.07, 6.45) is 4.68. The van der Waals surface area contributed by atoms with Crippen molar-refractivity contribution in [2.45, 2.75) is 19.4 Å². The van der Waals surface area contributed by atoms with Gasteiger partial charge in [0.05, 0.1) is 21.3 Å². The molecule has 0 bridgehead atoms. The molecule has 1 aromatic heterocycles. The monoisotopic (exact) mass is 392 g/mol. The highest BCUT2D eigenvalue weighted by Crippen LogP contribution is 2.42. The molecule has 2 heterocycles. The summed E-state index contributed by atoms with van der Waals surface area (Å²) in [4.78, 5) is 4.37. The maximum Gasteiger partial charge on any atom is 0.226 e. The summed E-state index contributed by atoms with van der Waals surface area (Å²) in [7, 11) is 4.82. The van der Waals surface area contributed by atoms with Gasteiger partial charge in [0.1, 0.15) is 12.4 Å². The highest BCUT2D eigenvalue weighted by atomic mass is 16.5. The Labute approximate surface area is 169 Å².